The maximum Gasteiger partial charge on any atom is 0.262 e. The molecule has 4 aromatic rings. The minimum atomic E-state index is -1.57. The van der Waals surface area contributed by atoms with Crippen molar-refractivity contribution in [3.8, 4) is 11.5 Å². The third-order valence-corrected chi connectivity index (χ3v) is 9.41. The Morgan fingerprint density at radius 3 is 2.33 bits per heavy atom. The highest BCUT2D eigenvalue weighted by Crippen LogP contribution is 2.49. The van der Waals surface area contributed by atoms with E-state index in [2.05, 4.69) is 17.2 Å². The first-order valence-corrected chi connectivity index (χ1v) is 14.6. The fourth-order valence-corrected chi connectivity index (χ4v) is 7.24. The molecule has 6 rings (SSSR count). The van der Waals surface area contributed by atoms with Gasteiger partial charge >= 0.3 is 0 Å². The fourth-order valence-electron chi connectivity index (χ4n) is 6.04. The van der Waals surface area contributed by atoms with Crippen LogP contribution >= 0.6 is 11.3 Å². The maximum atomic E-state index is 14.0. The van der Waals surface area contributed by atoms with Gasteiger partial charge in [-0.05, 0) is 66.8 Å². The van der Waals surface area contributed by atoms with Gasteiger partial charge in [0.2, 0.25) is 5.91 Å². The van der Waals surface area contributed by atoms with Crippen molar-refractivity contribution in [1.82, 2.24) is 10.6 Å². The highest BCUT2D eigenvalue weighted by Gasteiger charge is 2.49. The highest BCUT2D eigenvalue weighted by molar-refractivity contribution is 7.21. The van der Waals surface area contributed by atoms with Crippen LogP contribution in [0.3, 0.4) is 0 Å². The quantitative estimate of drug-likeness (QED) is 0.163. The van der Waals surface area contributed by atoms with Crippen molar-refractivity contribution in [2.45, 2.75) is 42.9 Å². The summed E-state index contributed by atoms with van der Waals surface area (Å²) in [5.41, 5.74) is 20.4. The molecule has 1 aromatic heterocycles. The predicted molar refractivity (Wildman–Crippen MR) is 163 cm³/mol. The summed E-state index contributed by atoms with van der Waals surface area (Å²) in [5, 5.41) is 6.58. The monoisotopic (exact) mass is 581 g/mol. The van der Waals surface area contributed by atoms with Gasteiger partial charge in [-0.2, -0.15) is 0 Å². The zero-order valence-electron chi connectivity index (χ0n) is 22.8. The Kier molecular flexibility index (Phi) is 7.05. The van der Waals surface area contributed by atoms with Crippen LogP contribution in [-0.2, 0) is 15.1 Å². The van der Waals surface area contributed by atoms with Crippen molar-refractivity contribution >= 4 is 44.7 Å². The molecule has 0 spiro atoms. The first-order chi connectivity index (χ1) is 20.2. The molecule has 42 heavy (non-hydrogen) atoms. The largest absolute Gasteiger partial charge is 0.457 e. The van der Waals surface area contributed by atoms with Gasteiger partial charge in [0.05, 0.1) is 15.6 Å². The molecule has 2 amide bonds. The number of ether oxygens (including phenoxy) is 1. The first-order valence-electron chi connectivity index (χ1n) is 13.7. The third kappa shape index (κ3) is 4.53. The van der Waals surface area contributed by atoms with Crippen molar-refractivity contribution in [2.24, 2.45) is 11.5 Å². The molecule has 9 nitrogen and oxygen atoms in total. The summed E-state index contributed by atoms with van der Waals surface area (Å²) < 4.78 is 6.56. The van der Waals surface area contributed by atoms with E-state index in [-0.39, 0.29) is 23.9 Å². The average molecular weight is 582 g/mol. The zero-order chi connectivity index (χ0) is 29.6. The number of benzene rings is 3. The topological polar surface area (TPSA) is 163 Å². The SMILES string of the molecule is C=CC(=O)N[C@H]1CCC[C@H]1NC(=O)c1sc2c(N)ccc3c2c1C(N)C(=O)C3(N)c1ccc(Oc2ccccc2)cc1. The molecule has 1 saturated carbocycles. The summed E-state index contributed by atoms with van der Waals surface area (Å²) in [4.78, 5) is 39.9. The summed E-state index contributed by atoms with van der Waals surface area (Å²) in [6.07, 6.45) is 3.52. The number of hydrogen-bond donors (Lipinski definition) is 5. The van der Waals surface area contributed by atoms with E-state index in [0.29, 0.717) is 55.3 Å². The van der Waals surface area contributed by atoms with E-state index in [4.69, 9.17) is 21.9 Å². The molecule has 3 aromatic carbocycles. The lowest BCUT2D eigenvalue weighted by Crippen LogP contribution is -2.52. The van der Waals surface area contributed by atoms with Gasteiger partial charge < -0.3 is 32.6 Å². The number of hydrogen-bond acceptors (Lipinski definition) is 8. The Morgan fingerprint density at radius 2 is 1.64 bits per heavy atom. The van der Waals surface area contributed by atoms with E-state index < -0.39 is 17.4 Å². The molecule has 0 radical (unpaired) electrons. The van der Waals surface area contributed by atoms with Gasteiger partial charge in [-0.15, -0.1) is 11.3 Å². The number of thiophene rings is 1. The molecule has 10 heteroatoms. The van der Waals surface area contributed by atoms with Crippen LogP contribution in [0.4, 0.5) is 5.69 Å². The summed E-state index contributed by atoms with van der Waals surface area (Å²) in [5.74, 6) is 0.193. The number of nitrogens with one attached hydrogen (secondary N) is 2. The molecule has 1 fully saturated rings. The number of amides is 2. The lowest BCUT2D eigenvalue weighted by atomic mass is 9.70. The molecular formula is C32H31N5O4S. The molecule has 214 valence electrons. The average Bonchev–Trinajstić information content (AvgIpc) is 3.61. The normalized spacial score (nSPS) is 23.0. The lowest BCUT2D eigenvalue weighted by molar-refractivity contribution is -0.124. The molecule has 8 N–H and O–H groups in total. The van der Waals surface area contributed by atoms with Crippen molar-refractivity contribution in [3.05, 3.63) is 101 Å². The Bertz CT molecular complexity index is 1720. The Morgan fingerprint density at radius 1 is 0.976 bits per heavy atom. The van der Waals surface area contributed by atoms with Crippen LogP contribution in [-0.4, -0.2) is 29.7 Å². The fraction of sp³-hybridized carbons (Fsp3) is 0.219. The Labute approximate surface area is 246 Å². The van der Waals surface area contributed by atoms with Gasteiger partial charge in [0.25, 0.3) is 5.91 Å². The van der Waals surface area contributed by atoms with E-state index in [1.807, 2.05) is 30.3 Å². The Balaban J connectivity index is 1.37. The van der Waals surface area contributed by atoms with Gasteiger partial charge in [0.15, 0.2) is 5.78 Å². The number of anilines is 1. The van der Waals surface area contributed by atoms with Crippen molar-refractivity contribution in [1.29, 1.82) is 0 Å². The van der Waals surface area contributed by atoms with Crippen LogP contribution < -0.4 is 32.6 Å². The van der Waals surface area contributed by atoms with Crippen molar-refractivity contribution in [2.75, 3.05) is 5.73 Å². The molecule has 1 heterocycles. The Hall–Kier alpha value is -4.51. The van der Waals surface area contributed by atoms with Crippen LogP contribution in [0.1, 0.15) is 51.7 Å². The number of carbonyl (C=O) groups is 3. The number of para-hydroxylation sites is 1. The molecule has 4 atom stereocenters. The van der Waals surface area contributed by atoms with Gasteiger partial charge in [0.1, 0.15) is 17.0 Å². The highest BCUT2D eigenvalue weighted by atomic mass is 32.1. The van der Waals surface area contributed by atoms with Crippen LogP contribution in [0.15, 0.2) is 79.4 Å². The van der Waals surface area contributed by atoms with Crippen LogP contribution in [0, 0.1) is 0 Å². The van der Waals surface area contributed by atoms with E-state index in [1.54, 1.807) is 36.4 Å². The smallest absolute Gasteiger partial charge is 0.262 e. The minimum absolute atomic E-state index is 0.216. The second-order valence-electron chi connectivity index (χ2n) is 10.7. The van der Waals surface area contributed by atoms with E-state index in [1.165, 1.54) is 17.4 Å². The molecule has 2 aliphatic rings. The summed E-state index contributed by atoms with van der Waals surface area (Å²) >= 11 is 1.20. The number of carbonyl (C=O) groups excluding carboxylic acids is 3. The van der Waals surface area contributed by atoms with Gasteiger partial charge in [0, 0.05) is 28.7 Å². The maximum absolute atomic E-state index is 14.0. The van der Waals surface area contributed by atoms with Crippen molar-refractivity contribution in [3.63, 3.8) is 0 Å². The molecule has 0 saturated heterocycles. The van der Waals surface area contributed by atoms with Crippen LogP contribution in [0.25, 0.3) is 10.1 Å². The van der Waals surface area contributed by atoms with E-state index in [9.17, 15) is 14.4 Å². The number of nitrogens with two attached hydrogens (primary N) is 3. The second kappa shape index (κ2) is 10.7. The number of ketones is 1. The summed E-state index contributed by atoms with van der Waals surface area (Å²) in [6.45, 7) is 3.50. The first kappa shape index (κ1) is 27.6. The molecule has 0 bridgehead atoms. The molecule has 2 unspecified atom stereocenters. The molecule has 0 aliphatic heterocycles. The number of Topliss-reactive ketones (excluding diaryl/α,β-unsaturated/α-hetero) is 1. The molecule has 2 aliphatic carbocycles. The lowest BCUT2D eigenvalue weighted by Gasteiger charge is -2.36. The van der Waals surface area contributed by atoms with Gasteiger partial charge in [-0.3, -0.25) is 14.4 Å². The van der Waals surface area contributed by atoms with Crippen LogP contribution in [0.5, 0.6) is 11.5 Å². The summed E-state index contributed by atoms with van der Waals surface area (Å²) in [7, 11) is 0. The second-order valence-corrected chi connectivity index (χ2v) is 11.7. The number of rotatable bonds is 7. The standard InChI is InChI=1S/C32H31N5O4S/c1-2-24(38)36-22-9-6-10-23(22)37-31(40)29-26-25-20(15-16-21(33)28(25)42-29)32(35,30(39)27(26)34)17-11-13-19(14-12-17)41-18-7-4-3-5-8-18/h2-5,7-8,11-16,22-23,27H,1,6,9-10,33-35H2,(H,36,38)(H,37,40)/t22-,23+,27?,32?/m0/s1. The van der Waals surface area contributed by atoms with Gasteiger partial charge in [-0.1, -0.05) is 43.0 Å². The predicted octanol–water partition coefficient (Wildman–Crippen LogP) is 4.01. The van der Waals surface area contributed by atoms with Crippen LogP contribution in [0.2, 0.25) is 0 Å². The molecular weight excluding hydrogens is 550 g/mol. The van der Waals surface area contributed by atoms with E-state index >= 15 is 0 Å². The third-order valence-electron chi connectivity index (χ3n) is 8.15. The summed E-state index contributed by atoms with van der Waals surface area (Å²) in [6, 6.07) is 18.2. The van der Waals surface area contributed by atoms with E-state index in [0.717, 1.165) is 12.8 Å². The number of nitrogen functional groups attached to an aromatic ring is 1. The minimum Gasteiger partial charge on any atom is -0.457 e. The van der Waals surface area contributed by atoms with Crippen molar-refractivity contribution < 1.29 is 19.1 Å². The van der Waals surface area contributed by atoms with Gasteiger partial charge in [-0.25, -0.2) is 0 Å². The zero-order valence-corrected chi connectivity index (χ0v) is 23.6.